The molecule has 0 spiro atoms. The summed E-state index contributed by atoms with van der Waals surface area (Å²) < 4.78 is 22.3. The first kappa shape index (κ1) is 13.9. The fourth-order valence-corrected chi connectivity index (χ4v) is 2.62. The number of aromatic nitrogens is 2. The maximum Gasteiger partial charge on any atom is 0.149 e. The molecule has 0 radical (unpaired) electrons. The Morgan fingerprint density at radius 3 is 2.59 bits per heavy atom. The Morgan fingerprint density at radius 1 is 1.41 bits per heavy atom. The zero-order chi connectivity index (χ0) is 13.1. The second-order valence-corrected chi connectivity index (χ2v) is 6.47. The summed E-state index contributed by atoms with van der Waals surface area (Å²) in [6.45, 7) is 5.67. The van der Waals surface area contributed by atoms with Gasteiger partial charge in [-0.1, -0.05) is 6.92 Å². The number of nitrogens with zero attached hydrogens (tertiary/aromatic N) is 2. The molecule has 96 valence electrons. The molecule has 0 aromatic carbocycles. The predicted octanol–water partition coefficient (Wildman–Crippen LogP) is 1.19. The van der Waals surface area contributed by atoms with Crippen LogP contribution in [0.15, 0.2) is 6.07 Å². The van der Waals surface area contributed by atoms with Gasteiger partial charge in [0.05, 0.1) is 5.75 Å². The van der Waals surface area contributed by atoms with Crippen LogP contribution in [0.2, 0.25) is 0 Å². The third-order valence-electron chi connectivity index (χ3n) is 2.20. The van der Waals surface area contributed by atoms with Crippen LogP contribution in [-0.2, 0) is 16.3 Å². The minimum absolute atomic E-state index is 0.0948. The second kappa shape index (κ2) is 5.44. The predicted molar refractivity (Wildman–Crippen MR) is 68.9 cm³/mol. The quantitative estimate of drug-likeness (QED) is 0.858. The van der Waals surface area contributed by atoms with Crippen molar-refractivity contribution < 1.29 is 8.42 Å². The van der Waals surface area contributed by atoms with E-state index in [1.165, 1.54) is 6.26 Å². The Hall–Kier alpha value is -1.17. The molecule has 0 amide bonds. The van der Waals surface area contributed by atoms with Crippen LogP contribution in [-0.4, -0.2) is 36.4 Å². The SMILES string of the molecule is CCc1cc(NC(C)CS(C)(=O)=O)nc(C)n1. The molecular weight excluding hydrogens is 238 g/mol. The molecule has 0 aliphatic rings. The Labute approximate surface area is 103 Å². The van der Waals surface area contributed by atoms with E-state index in [2.05, 4.69) is 15.3 Å². The molecule has 1 unspecified atom stereocenters. The molecular formula is C11H19N3O2S. The maximum absolute atomic E-state index is 11.1. The van der Waals surface area contributed by atoms with Gasteiger partial charge in [-0.25, -0.2) is 18.4 Å². The molecule has 1 N–H and O–H groups in total. The lowest BCUT2D eigenvalue weighted by Crippen LogP contribution is -2.25. The molecule has 5 nitrogen and oxygen atoms in total. The van der Waals surface area contributed by atoms with Crippen molar-refractivity contribution in [1.82, 2.24) is 9.97 Å². The number of nitrogens with one attached hydrogen (secondary N) is 1. The highest BCUT2D eigenvalue weighted by Crippen LogP contribution is 2.09. The fraction of sp³-hybridized carbons (Fsp3) is 0.636. The zero-order valence-corrected chi connectivity index (χ0v) is 11.5. The number of rotatable bonds is 5. The summed E-state index contributed by atoms with van der Waals surface area (Å²) in [5, 5.41) is 3.08. The molecule has 0 aliphatic carbocycles. The highest BCUT2D eigenvalue weighted by Gasteiger charge is 2.11. The normalized spacial score (nSPS) is 13.4. The molecule has 0 aliphatic heterocycles. The molecule has 1 aromatic heterocycles. The molecule has 0 saturated carbocycles. The number of hydrogen-bond donors (Lipinski definition) is 1. The van der Waals surface area contributed by atoms with Crippen LogP contribution >= 0.6 is 0 Å². The van der Waals surface area contributed by atoms with Crippen molar-refractivity contribution in [2.45, 2.75) is 33.2 Å². The lowest BCUT2D eigenvalue weighted by Gasteiger charge is -2.14. The first-order valence-corrected chi connectivity index (χ1v) is 7.65. The van der Waals surface area contributed by atoms with Gasteiger partial charge < -0.3 is 5.32 Å². The van der Waals surface area contributed by atoms with E-state index in [4.69, 9.17) is 0 Å². The van der Waals surface area contributed by atoms with E-state index >= 15 is 0 Å². The van der Waals surface area contributed by atoms with Crippen LogP contribution in [0.4, 0.5) is 5.82 Å². The Morgan fingerprint density at radius 2 is 2.06 bits per heavy atom. The standard InChI is InChI=1S/C11H19N3O2S/c1-5-10-6-11(14-9(3)13-10)12-8(2)7-17(4,15)16/h6,8H,5,7H2,1-4H3,(H,12,13,14). The van der Waals surface area contributed by atoms with Crippen LogP contribution in [0.25, 0.3) is 0 Å². The molecule has 17 heavy (non-hydrogen) atoms. The third-order valence-corrected chi connectivity index (χ3v) is 3.31. The lowest BCUT2D eigenvalue weighted by atomic mass is 10.3. The van der Waals surface area contributed by atoms with E-state index in [-0.39, 0.29) is 11.8 Å². The van der Waals surface area contributed by atoms with E-state index in [9.17, 15) is 8.42 Å². The summed E-state index contributed by atoms with van der Waals surface area (Å²) in [6, 6.07) is 1.69. The average Bonchev–Trinajstić information content (AvgIpc) is 2.13. The first-order chi connectivity index (χ1) is 7.80. The third kappa shape index (κ3) is 5.12. The largest absolute Gasteiger partial charge is 0.366 e. The number of sulfone groups is 1. The van der Waals surface area contributed by atoms with E-state index in [1.54, 1.807) is 0 Å². The number of aryl methyl sites for hydroxylation is 2. The van der Waals surface area contributed by atoms with Gasteiger partial charge in [-0.15, -0.1) is 0 Å². The second-order valence-electron chi connectivity index (χ2n) is 4.28. The zero-order valence-electron chi connectivity index (χ0n) is 10.7. The van der Waals surface area contributed by atoms with E-state index in [1.807, 2.05) is 26.8 Å². The Kier molecular flexibility index (Phi) is 4.45. The topological polar surface area (TPSA) is 72.0 Å². The van der Waals surface area contributed by atoms with Gasteiger partial charge in [0.15, 0.2) is 0 Å². The average molecular weight is 257 g/mol. The van der Waals surface area contributed by atoms with Crippen molar-refractivity contribution in [2.24, 2.45) is 0 Å². The van der Waals surface area contributed by atoms with Crippen molar-refractivity contribution in [3.8, 4) is 0 Å². The van der Waals surface area contributed by atoms with Gasteiger partial charge >= 0.3 is 0 Å². The van der Waals surface area contributed by atoms with Crippen LogP contribution in [0.3, 0.4) is 0 Å². The first-order valence-electron chi connectivity index (χ1n) is 5.59. The minimum Gasteiger partial charge on any atom is -0.366 e. The Bertz CT molecular complexity index is 485. The minimum atomic E-state index is -2.98. The summed E-state index contributed by atoms with van der Waals surface area (Å²) in [6.07, 6.45) is 2.06. The van der Waals surface area contributed by atoms with Crippen molar-refractivity contribution in [1.29, 1.82) is 0 Å². The van der Waals surface area contributed by atoms with Crippen LogP contribution in [0.1, 0.15) is 25.4 Å². The van der Waals surface area contributed by atoms with E-state index in [0.29, 0.717) is 11.6 Å². The van der Waals surface area contributed by atoms with Gasteiger partial charge in [-0.3, -0.25) is 0 Å². The van der Waals surface area contributed by atoms with E-state index in [0.717, 1.165) is 12.1 Å². The van der Waals surface area contributed by atoms with Crippen molar-refractivity contribution >= 4 is 15.7 Å². The molecule has 1 heterocycles. The molecule has 0 fully saturated rings. The highest BCUT2D eigenvalue weighted by atomic mass is 32.2. The van der Waals surface area contributed by atoms with Gasteiger partial charge in [-0.05, 0) is 20.3 Å². The molecule has 0 saturated heterocycles. The van der Waals surface area contributed by atoms with Crippen molar-refractivity contribution in [3.05, 3.63) is 17.6 Å². The molecule has 1 atom stereocenters. The van der Waals surface area contributed by atoms with Crippen molar-refractivity contribution in [3.63, 3.8) is 0 Å². The van der Waals surface area contributed by atoms with Gasteiger partial charge in [0.1, 0.15) is 21.5 Å². The van der Waals surface area contributed by atoms with Gasteiger partial charge in [0, 0.05) is 24.1 Å². The number of anilines is 1. The molecule has 1 rings (SSSR count). The summed E-state index contributed by atoms with van der Waals surface area (Å²) in [5.74, 6) is 1.47. The molecule has 6 heteroatoms. The van der Waals surface area contributed by atoms with Gasteiger partial charge in [0.2, 0.25) is 0 Å². The van der Waals surface area contributed by atoms with Crippen LogP contribution < -0.4 is 5.32 Å². The highest BCUT2D eigenvalue weighted by molar-refractivity contribution is 7.90. The van der Waals surface area contributed by atoms with Crippen LogP contribution in [0, 0.1) is 6.92 Å². The van der Waals surface area contributed by atoms with Crippen LogP contribution in [0.5, 0.6) is 0 Å². The summed E-state index contributed by atoms with van der Waals surface area (Å²) in [7, 11) is -2.98. The van der Waals surface area contributed by atoms with E-state index < -0.39 is 9.84 Å². The fourth-order valence-electron chi connectivity index (χ4n) is 1.63. The monoisotopic (exact) mass is 257 g/mol. The van der Waals surface area contributed by atoms with Crippen molar-refractivity contribution in [2.75, 3.05) is 17.3 Å². The number of hydrogen-bond acceptors (Lipinski definition) is 5. The molecule has 1 aromatic rings. The Balaban J connectivity index is 2.77. The summed E-state index contributed by atoms with van der Waals surface area (Å²) in [4.78, 5) is 8.50. The lowest BCUT2D eigenvalue weighted by molar-refractivity contribution is 0.598. The molecule has 0 bridgehead atoms. The van der Waals surface area contributed by atoms with Gasteiger partial charge in [0.25, 0.3) is 0 Å². The van der Waals surface area contributed by atoms with Gasteiger partial charge in [-0.2, -0.15) is 0 Å². The summed E-state index contributed by atoms with van der Waals surface area (Å²) >= 11 is 0. The summed E-state index contributed by atoms with van der Waals surface area (Å²) in [5.41, 5.74) is 0.951. The maximum atomic E-state index is 11.1. The smallest absolute Gasteiger partial charge is 0.149 e.